The second-order valence-corrected chi connectivity index (χ2v) is 5.40. The molecule has 0 unspecified atom stereocenters. The molecule has 0 heterocycles. The Morgan fingerprint density at radius 2 is 2.11 bits per heavy atom. The van der Waals surface area contributed by atoms with Crippen LogP contribution in [0.1, 0.15) is 38.5 Å². The summed E-state index contributed by atoms with van der Waals surface area (Å²) in [6, 6.07) is 0.763. The van der Waals surface area contributed by atoms with Gasteiger partial charge in [-0.1, -0.05) is 25.3 Å². The van der Waals surface area contributed by atoms with Crippen molar-refractivity contribution in [2.24, 2.45) is 0 Å². The van der Waals surface area contributed by atoms with E-state index >= 15 is 0 Å². The van der Waals surface area contributed by atoms with E-state index in [1.54, 1.807) is 6.08 Å². The van der Waals surface area contributed by atoms with Gasteiger partial charge >= 0.3 is 0 Å². The first-order valence-corrected chi connectivity index (χ1v) is 7.52. The van der Waals surface area contributed by atoms with Gasteiger partial charge in [0, 0.05) is 19.1 Å². The minimum absolute atomic E-state index is 0.0715. The molecule has 4 nitrogen and oxygen atoms in total. The van der Waals surface area contributed by atoms with Gasteiger partial charge in [0.25, 0.3) is 0 Å². The molecule has 110 valence electrons. The van der Waals surface area contributed by atoms with Gasteiger partial charge in [0.05, 0.1) is 6.54 Å². The highest BCUT2D eigenvalue weighted by atomic mass is 16.1. The van der Waals surface area contributed by atoms with Crippen LogP contribution in [-0.2, 0) is 4.79 Å². The van der Waals surface area contributed by atoms with Crippen LogP contribution in [-0.4, -0.2) is 50.1 Å². The van der Waals surface area contributed by atoms with Gasteiger partial charge in [0.2, 0.25) is 5.91 Å². The second kappa shape index (κ2) is 9.98. The molecule has 4 heteroatoms. The molecule has 0 aliphatic heterocycles. The van der Waals surface area contributed by atoms with Crippen molar-refractivity contribution in [3.05, 3.63) is 12.7 Å². The highest BCUT2D eigenvalue weighted by molar-refractivity contribution is 5.77. The molecule has 1 aliphatic rings. The Morgan fingerprint density at radius 1 is 1.37 bits per heavy atom. The van der Waals surface area contributed by atoms with Gasteiger partial charge in [-0.2, -0.15) is 0 Å². The van der Waals surface area contributed by atoms with Crippen LogP contribution >= 0.6 is 0 Å². The molecule has 0 aromatic carbocycles. The van der Waals surface area contributed by atoms with Crippen LogP contribution in [0.5, 0.6) is 0 Å². The van der Waals surface area contributed by atoms with Crippen molar-refractivity contribution < 1.29 is 4.79 Å². The van der Waals surface area contributed by atoms with Gasteiger partial charge in [-0.25, -0.2) is 0 Å². The summed E-state index contributed by atoms with van der Waals surface area (Å²) in [7, 11) is 2.21. The summed E-state index contributed by atoms with van der Waals surface area (Å²) in [6.07, 6.45) is 9.62. The first-order chi connectivity index (χ1) is 9.24. The molecular formula is C15H29N3O. The van der Waals surface area contributed by atoms with E-state index < -0.39 is 0 Å². The molecule has 0 radical (unpaired) electrons. The number of carbonyl (C=O) groups is 1. The summed E-state index contributed by atoms with van der Waals surface area (Å²) in [5, 5.41) is 5.93. The molecule has 1 rings (SSSR count). The van der Waals surface area contributed by atoms with Crippen LogP contribution in [0.15, 0.2) is 12.7 Å². The molecule has 2 N–H and O–H groups in total. The molecule has 1 amide bonds. The highest BCUT2D eigenvalue weighted by Gasteiger charge is 2.17. The van der Waals surface area contributed by atoms with E-state index in [1.807, 2.05) is 0 Å². The lowest BCUT2D eigenvalue weighted by Gasteiger charge is -2.31. The fraction of sp³-hybridized carbons (Fsp3) is 0.800. The van der Waals surface area contributed by atoms with Crippen LogP contribution in [0.4, 0.5) is 0 Å². The summed E-state index contributed by atoms with van der Waals surface area (Å²) in [5.41, 5.74) is 0. The number of rotatable bonds is 9. The zero-order valence-corrected chi connectivity index (χ0v) is 12.3. The Bertz CT molecular complexity index is 262. The largest absolute Gasteiger partial charge is 0.355 e. The maximum Gasteiger partial charge on any atom is 0.233 e. The lowest BCUT2D eigenvalue weighted by atomic mass is 9.94. The fourth-order valence-electron chi connectivity index (χ4n) is 2.61. The quantitative estimate of drug-likeness (QED) is 0.492. The van der Waals surface area contributed by atoms with Gasteiger partial charge in [0.15, 0.2) is 0 Å². The van der Waals surface area contributed by atoms with Crippen molar-refractivity contribution >= 4 is 5.91 Å². The van der Waals surface area contributed by atoms with E-state index in [-0.39, 0.29) is 5.91 Å². The van der Waals surface area contributed by atoms with Crippen molar-refractivity contribution in [1.82, 2.24) is 15.5 Å². The lowest BCUT2D eigenvalue weighted by Crippen LogP contribution is -2.37. The molecule has 0 atom stereocenters. The number of hydrogen-bond donors (Lipinski definition) is 2. The van der Waals surface area contributed by atoms with Crippen LogP contribution < -0.4 is 10.6 Å². The summed E-state index contributed by atoms with van der Waals surface area (Å²) in [4.78, 5) is 13.9. The van der Waals surface area contributed by atoms with Crippen LogP contribution in [0.3, 0.4) is 0 Å². The number of nitrogens with zero attached hydrogens (tertiary/aromatic N) is 1. The molecule has 1 aliphatic carbocycles. The molecule has 0 saturated heterocycles. The van der Waals surface area contributed by atoms with Crippen LogP contribution in [0, 0.1) is 0 Å². The Labute approximate surface area is 117 Å². The third-order valence-corrected chi connectivity index (χ3v) is 3.78. The third kappa shape index (κ3) is 7.33. The zero-order valence-electron chi connectivity index (χ0n) is 12.3. The minimum Gasteiger partial charge on any atom is -0.355 e. The van der Waals surface area contributed by atoms with E-state index in [2.05, 4.69) is 29.2 Å². The molecule has 0 aromatic rings. The standard InChI is InChI=1S/C15H29N3O/c1-3-10-16-13-15(19)17-11-7-12-18(2)14-8-5-4-6-9-14/h3,14,16H,1,4-13H2,2H3,(H,17,19). The van der Waals surface area contributed by atoms with E-state index in [4.69, 9.17) is 0 Å². The third-order valence-electron chi connectivity index (χ3n) is 3.78. The summed E-state index contributed by atoms with van der Waals surface area (Å²) < 4.78 is 0. The monoisotopic (exact) mass is 267 g/mol. The number of amides is 1. The van der Waals surface area contributed by atoms with E-state index in [9.17, 15) is 4.79 Å². The molecule has 0 aromatic heterocycles. The first-order valence-electron chi connectivity index (χ1n) is 7.52. The van der Waals surface area contributed by atoms with E-state index in [0.717, 1.165) is 25.6 Å². The molecule has 19 heavy (non-hydrogen) atoms. The fourth-order valence-corrected chi connectivity index (χ4v) is 2.61. The minimum atomic E-state index is 0.0715. The van der Waals surface area contributed by atoms with Crippen molar-refractivity contribution in [3.63, 3.8) is 0 Å². The number of carbonyl (C=O) groups excluding carboxylic acids is 1. The molecule has 1 fully saturated rings. The topological polar surface area (TPSA) is 44.4 Å². The van der Waals surface area contributed by atoms with Gasteiger partial charge < -0.3 is 15.5 Å². The van der Waals surface area contributed by atoms with Gasteiger partial charge in [0.1, 0.15) is 0 Å². The number of hydrogen-bond acceptors (Lipinski definition) is 3. The maximum absolute atomic E-state index is 11.4. The normalized spacial score (nSPS) is 16.5. The van der Waals surface area contributed by atoms with Gasteiger partial charge in [-0.05, 0) is 32.9 Å². The average Bonchev–Trinajstić information content (AvgIpc) is 2.44. The predicted molar refractivity (Wildman–Crippen MR) is 80.2 cm³/mol. The van der Waals surface area contributed by atoms with Gasteiger partial charge in [-0.15, -0.1) is 6.58 Å². The van der Waals surface area contributed by atoms with Crippen molar-refractivity contribution in [3.8, 4) is 0 Å². The Morgan fingerprint density at radius 3 is 2.79 bits per heavy atom. The van der Waals surface area contributed by atoms with E-state index in [1.165, 1.54) is 32.1 Å². The maximum atomic E-state index is 11.4. The van der Waals surface area contributed by atoms with Crippen LogP contribution in [0.2, 0.25) is 0 Å². The summed E-state index contributed by atoms with van der Waals surface area (Å²) in [6.45, 7) is 6.50. The summed E-state index contributed by atoms with van der Waals surface area (Å²) >= 11 is 0. The van der Waals surface area contributed by atoms with Crippen LogP contribution in [0.25, 0.3) is 0 Å². The van der Waals surface area contributed by atoms with E-state index in [0.29, 0.717) is 13.1 Å². The van der Waals surface area contributed by atoms with Crippen molar-refractivity contribution in [2.75, 3.05) is 33.2 Å². The van der Waals surface area contributed by atoms with Crippen molar-refractivity contribution in [1.29, 1.82) is 0 Å². The first kappa shape index (κ1) is 16.2. The predicted octanol–water partition coefficient (Wildman–Crippen LogP) is 1.53. The molecule has 1 saturated carbocycles. The molecule has 0 bridgehead atoms. The smallest absolute Gasteiger partial charge is 0.233 e. The lowest BCUT2D eigenvalue weighted by molar-refractivity contribution is -0.120. The van der Waals surface area contributed by atoms with Crippen molar-refractivity contribution in [2.45, 2.75) is 44.6 Å². The highest BCUT2D eigenvalue weighted by Crippen LogP contribution is 2.21. The Hall–Kier alpha value is -0.870. The zero-order chi connectivity index (χ0) is 13.9. The Balaban J connectivity index is 1.99. The SMILES string of the molecule is C=CCNCC(=O)NCCCN(C)C1CCCCC1. The van der Waals surface area contributed by atoms with Gasteiger partial charge in [-0.3, -0.25) is 4.79 Å². The second-order valence-electron chi connectivity index (χ2n) is 5.40. The Kier molecular flexibility index (Phi) is 8.50. The molecular weight excluding hydrogens is 238 g/mol. The summed E-state index contributed by atoms with van der Waals surface area (Å²) in [5.74, 6) is 0.0715. The average molecular weight is 267 g/mol. The molecule has 0 spiro atoms. The number of nitrogens with one attached hydrogen (secondary N) is 2.